The van der Waals surface area contributed by atoms with E-state index in [0.717, 1.165) is 12.8 Å². The average Bonchev–Trinajstić information content (AvgIpc) is 3.25. The number of nitrogens with one attached hydrogen (secondary N) is 3. The Morgan fingerprint density at radius 2 is 1.86 bits per heavy atom. The predicted molar refractivity (Wildman–Crippen MR) is 132 cm³/mol. The fourth-order valence-corrected chi connectivity index (χ4v) is 4.17. The summed E-state index contributed by atoms with van der Waals surface area (Å²) in [5.74, 6) is -1.03. The van der Waals surface area contributed by atoms with Crippen molar-refractivity contribution in [1.29, 1.82) is 0 Å². The predicted octanol–water partition coefficient (Wildman–Crippen LogP) is 3.14. The number of hydrogen-bond donors (Lipinski definition) is 4. The molecule has 0 aliphatic heterocycles. The van der Waals surface area contributed by atoms with Gasteiger partial charge in [-0.15, -0.1) is 0 Å². The van der Waals surface area contributed by atoms with Gasteiger partial charge < -0.3 is 16.0 Å². The number of amides is 1. The molecule has 1 amide bonds. The van der Waals surface area contributed by atoms with Gasteiger partial charge >= 0.3 is 5.69 Å². The highest BCUT2D eigenvalue weighted by Gasteiger charge is 2.29. The van der Waals surface area contributed by atoms with Crippen LogP contribution in [0.2, 0.25) is 0 Å². The van der Waals surface area contributed by atoms with Crippen molar-refractivity contribution in [3.8, 4) is 0 Å². The van der Waals surface area contributed by atoms with Gasteiger partial charge in [0.15, 0.2) is 5.65 Å². The molecule has 2 unspecified atom stereocenters. The minimum atomic E-state index is -0.863. The van der Waals surface area contributed by atoms with Crippen molar-refractivity contribution in [3.05, 3.63) is 92.1 Å². The molecule has 10 heteroatoms. The summed E-state index contributed by atoms with van der Waals surface area (Å²) in [4.78, 5) is 46.4. The SMILES string of the molecule is CCCCn1c(=O)[nH]c(=O)c2[nH]c(C(c3ccc(NC(C)=O)cc3)C(N)c3ccccc3F)nc21. The first-order valence-corrected chi connectivity index (χ1v) is 11.4. The minimum Gasteiger partial charge on any atom is -0.336 e. The number of halogens is 1. The Morgan fingerprint density at radius 3 is 2.51 bits per heavy atom. The quantitative estimate of drug-likeness (QED) is 0.308. The first-order valence-electron chi connectivity index (χ1n) is 11.4. The number of benzene rings is 2. The third-order valence-electron chi connectivity index (χ3n) is 5.89. The van der Waals surface area contributed by atoms with Gasteiger partial charge in [0.1, 0.15) is 17.2 Å². The third-order valence-corrected chi connectivity index (χ3v) is 5.89. The molecule has 0 fully saturated rings. The van der Waals surface area contributed by atoms with Crippen LogP contribution in [0.1, 0.15) is 55.6 Å². The summed E-state index contributed by atoms with van der Waals surface area (Å²) in [7, 11) is 0. The van der Waals surface area contributed by atoms with Gasteiger partial charge in [-0.3, -0.25) is 19.1 Å². The molecule has 4 aromatic rings. The molecule has 0 saturated carbocycles. The van der Waals surface area contributed by atoms with Crippen LogP contribution in [-0.2, 0) is 11.3 Å². The number of unbranched alkanes of at least 4 members (excludes halogenated alkanes) is 1. The number of nitrogens with zero attached hydrogens (tertiary/aromatic N) is 2. The van der Waals surface area contributed by atoms with Crippen molar-refractivity contribution in [3.63, 3.8) is 0 Å². The maximum atomic E-state index is 14.7. The van der Waals surface area contributed by atoms with Crippen molar-refractivity contribution < 1.29 is 9.18 Å². The average molecular weight is 479 g/mol. The van der Waals surface area contributed by atoms with Crippen LogP contribution >= 0.6 is 0 Å². The van der Waals surface area contributed by atoms with E-state index in [9.17, 15) is 18.8 Å². The second-order valence-electron chi connectivity index (χ2n) is 8.41. The lowest BCUT2D eigenvalue weighted by Crippen LogP contribution is -2.30. The van der Waals surface area contributed by atoms with E-state index in [1.165, 1.54) is 17.6 Å². The summed E-state index contributed by atoms with van der Waals surface area (Å²) in [5, 5.41) is 2.71. The lowest BCUT2D eigenvalue weighted by atomic mass is 9.86. The number of H-pyrrole nitrogens is 2. The van der Waals surface area contributed by atoms with Gasteiger partial charge in [-0.25, -0.2) is 14.2 Å². The van der Waals surface area contributed by atoms with Crippen molar-refractivity contribution in [1.82, 2.24) is 19.5 Å². The minimum absolute atomic E-state index is 0.149. The van der Waals surface area contributed by atoms with Gasteiger partial charge in [-0.2, -0.15) is 0 Å². The summed E-state index contributed by atoms with van der Waals surface area (Å²) in [6.07, 6.45) is 1.58. The van der Waals surface area contributed by atoms with Crippen molar-refractivity contribution >= 4 is 22.8 Å². The van der Waals surface area contributed by atoms with Crippen LogP contribution in [0.5, 0.6) is 0 Å². The Hall–Kier alpha value is -4.05. The lowest BCUT2D eigenvalue weighted by molar-refractivity contribution is -0.114. The smallest absolute Gasteiger partial charge is 0.330 e. The van der Waals surface area contributed by atoms with Crippen molar-refractivity contribution in [2.24, 2.45) is 5.73 Å². The number of aryl methyl sites for hydroxylation is 1. The van der Waals surface area contributed by atoms with E-state index in [1.807, 2.05) is 6.92 Å². The van der Waals surface area contributed by atoms with Crippen LogP contribution in [-0.4, -0.2) is 25.4 Å². The largest absolute Gasteiger partial charge is 0.336 e. The highest BCUT2D eigenvalue weighted by Crippen LogP contribution is 2.36. The molecule has 35 heavy (non-hydrogen) atoms. The number of carbonyl (C=O) groups excluding carboxylic acids is 1. The number of hydrogen-bond acceptors (Lipinski definition) is 5. The normalized spacial score (nSPS) is 13.0. The van der Waals surface area contributed by atoms with E-state index >= 15 is 0 Å². The molecular weight excluding hydrogens is 451 g/mol. The van der Waals surface area contributed by atoms with E-state index in [-0.39, 0.29) is 22.6 Å². The summed E-state index contributed by atoms with van der Waals surface area (Å²) in [6.45, 7) is 3.80. The monoisotopic (exact) mass is 478 g/mol. The number of nitrogens with two attached hydrogens (primary N) is 1. The molecule has 9 nitrogen and oxygen atoms in total. The van der Waals surface area contributed by atoms with Gasteiger partial charge in [-0.05, 0) is 30.2 Å². The Morgan fingerprint density at radius 1 is 1.14 bits per heavy atom. The van der Waals surface area contributed by atoms with Crippen LogP contribution in [0, 0.1) is 5.82 Å². The molecule has 2 aromatic heterocycles. The Labute approximate surface area is 200 Å². The summed E-state index contributed by atoms with van der Waals surface area (Å²) >= 11 is 0. The first kappa shape index (κ1) is 24.1. The van der Waals surface area contributed by atoms with Crippen LogP contribution < -0.4 is 22.3 Å². The fourth-order valence-electron chi connectivity index (χ4n) is 4.17. The van der Waals surface area contributed by atoms with Crippen LogP contribution in [0.25, 0.3) is 11.2 Å². The number of carbonyl (C=O) groups is 1. The number of aromatic amines is 2. The van der Waals surface area contributed by atoms with Gasteiger partial charge in [0.25, 0.3) is 5.56 Å². The molecule has 2 heterocycles. The molecular formula is C25H27FN6O3. The van der Waals surface area contributed by atoms with Crippen molar-refractivity contribution in [2.75, 3.05) is 5.32 Å². The topological polar surface area (TPSA) is 139 Å². The van der Waals surface area contributed by atoms with E-state index in [4.69, 9.17) is 5.73 Å². The molecule has 0 aliphatic carbocycles. The number of rotatable bonds is 8. The molecule has 0 radical (unpaired) electrons. The molecule has 5 N–H and O–H groups in total. The molecule has 0 spiro atoms. The maximum Gasteiger partial charge on any atom is 0.330 e. The number of imidazole rings is 1. The molecule has 2 atom stereocenters. The number of anilines is 1. The van der Waals surface area contributed by atoms with Gasteiger partial charge in [0.05, 0.1) is 5.92 Å². The highest BCUT2D eigenvalue weighted by atomic mass is 19.1. The second kappa shape index (κ2) is 10.1. The van der Waals surface area contributed by atoms with E-state index in [2.05, 4.69) is 20.3 Å². The van der Waals surface area contributed by atoms with E-state index in [0.29, 0.717) is 23.6 Å². The molecule has 0 aliphatic rings. The third kappa shape index (κ3) is 4.92. The fraction of sp³-hybridized carbons (Fsp3) is 0.280. The number of aromatic nitrogens is 4. The highest BCUT2D eigenvalue weighted by molar-refractivity contribution is 5.88. The summed E-state index contributed by atoms with van der Waals surface area (Å²) in [5.41, 5.74) is 7.41. The van der Waals surface area contributed by atoms with E-state index < -0.39 is 29.0 Å². The molecule has 4 rings (SSSR count). The number of fused-ring (bicyclic) bond motifs is 1. The van der Waals surface area contributed by atoms with Gasteiger partial charge in [0, 0.05) is 30.8 Å². The van der Waals surface area contributed by atoms with Crippen LogP contribution in [0.15, 0.2) is 58.1 Å². The second-order valence-corrected chi connectivity index (χ2v) is 8.41. The van der Waals surface area contributed by atoms with Gasteiger partial charge in [-0.1, -0.05) is 43.7 Å². The molecule has 2 aromatic carbocycles. The lowest BCUT2D eigenvalue weighted by Gasteiger charge is -2.24. The zero-order chi connectivity index (χ0) is 25.1. The van der Waals surface area contributed by atoms with Crippen LogP contribution in [0.3, 0.4) is 0 Å². The Kier molecular flexibility index (Phi) is 6.92. The van der Waals surface area contributed by atoms with E-state index in [1.54, 1.807) is 42.5 Å². The van der Waals surface area contributed by atoms with Gasteiger partial charge in [0.2, 0.25) is 5.91 Å². The molecule has 182 valence electrons. The van der Waals surface area contributed by atoms with Crippen molar-refractivity contribution in [2.45, 2.75) is 45.2 Å². The Bertz CT molecular complexity index is 1470. The molecule has 0 bridgehead atoms. The zero-order valence-corrected chi connectivity index (χ0v) is 19.5. The van der Waals surface area contributed by atoms with Crippen LogP contribution in [0.4, 0.5) is 10.1 Å². The Balaban J connectivity index is 1.89. The first-order chi connectivity index (χ1) is 16.8. The summed E-state index contributed by atoms with van der Waals surface area (Å²) in [6, 6.07) is 12.3. The maximum absolute atomic E-state index is 14.7. The zero-order valence-electron chi connectivity index (χ0n) is 19.5. The molecule has 0 saturated heterocycles. The standard InChI is InChI=1S/C25H27FN6O3/c1-3-4-13-32-23-21(24(34)31-25(32)35)29-22(30-23)19(20(27)17-7-5-6-8-18(17)26)15-9-11-16(12-10-15)28-14(2)33/h5-12,19-20H,3-4,13,27H2,1-2H3,(H,28,33)(H,29,30)(H,31,34,35). The summed E-state index contributed by atoms with van der Waals surface area (Å²) < 4.78 is 16.1.